The topological polar surface area (TPSA) is 46.3 Å². The van der Waals surface area contributed by atoms with Gasteiger partial charge in [-0.2, -0.15) is 0 Å². The van der Waals surface area contributed by atoms with Crippen LogP contribution >= 0.6 is 11.8 Å². The second-order valence-electron chi connectivity index (χ2n) is 6.90. The summed E-state index contributed by atoms with van der Waals surface area (Å²) in [5, 5.41) is 0. The highest BCUT2D eigenvalue weighted by molar-refractivity contribution is 7.98. The Morgan fingerprint density at radius 2 is 2.08 bits per heavy atom. The molecule has 3 nitrogen and oxygen atoms in total. The van der Waals surface area contributed by atoms with E-state index in [0.29, 0.717) is 12.5 Å². The van der Waals surface area contributed by atoms with E-state index in [1.165, 1.54) is 21.6 Å². The highest BCUT2D eigenvalue weighted by atomic mass is 32.2. The summed E-state index contributed by atoms with van der Waals surface area (Å²) in [6, 6.07) is 14.6. The Hall–Kier alpha value is -1.78. The number of likely N-dealkylation sites (tertiary alicyclic amines) is 1. The van der Waals surface area contributed by atoms with Gasteiger partial charge in [0.05, 0.1) is 0 Å². The van der Waals surface area contributed by atoms with Gasteiger partial charge >= 0.3 is 0 Å². The molecule has 2 aromatic rings. The van der Waals surface area contributed by atoms with Crippen molar-refractivity contribution in [2.75, 3.05) is 19.6 Å². The van der Waals surface area contributed by atoms with E-state index in [1.807, 2.05) is 34.9 Å². The minimum atomic E-state index is 0.134. The van der Waals surface area contributed by atoms with Gasteiger partial charge < -0.3 is 10.6 Å². The van der Waals surface area contributed by atoms with Crippen molar-refractivity contribution in [2.24, 2.45) is 11.7 Å². The third-order valence-corrected chi connectivity index (χ3v) is 6.05. The SMILES string of the molecule is Cc1ccc(C)c(SCc2cccc(C(=O)N3CCC(CN)C3)c2)c1. The number of aryl methyl sites for hydroxylation is 2. The number of nitrogens with two attached hydrogens (primary N) is 1. The van der Waals surface area contributed by atoms with Gasteiger partial charge in [0.1, 0.15) is 0 Å². The molecular weight excluding hydrogens is 328 g/mol. The van der Waals surface area contributed by atoms with Crippen LogP contribution in [0.2, 0.25) is 0 Å². The third-order valence-electron chi connectivity index (χ3n) is 4.82. The molecule has 132 valence electrons. The molecule has 1 saturated heterocycles. The summed E-state index contributed by atoms with van der Waals surface area (Å²) in [5.74, 6) is 1.46. The Bertz CT molecular complexity index is 759. The first kappa shape index (κ1) is 18.0. The van der Waals surface area contributed by atoms with E-state index in [0.717, 1.165) is 30.8 Å². The van der Waals surface area contributed by atoms with Crippen LogP contribution in [0.15, 0.2) is 47.4 Å². The average Bonchev–Trinajstić information content (AvgIpc) is 3.11. The number of nitrogens with zero attached hydrogens (tertiary/aromatic N) is 1. The van der Waals surface area contributed by atoms with Crippen molar-refractivity contribution in [3.8, 4) is 0 Å². The molecule has 1 heterocycles. The predicted molar refractivity (Wildman–Crippen MR) is 105 cm³/mol. The van der Waals surface area contributed by atoms with E-state index in [4.69, 9.17) is 5.73 Å². The van der Waals surface area contributed by atoms with E-state index in [-0.39, 0.29) is 5.91 Å². The van der Waals surface area contributed by atoms with Crippen LogP contribution in [0.25, 0.3) is 0 Å². The van der Waals surface area contributed by atoms with Gasteiger partial charge in [-0.1, -0.05) is 29.8 Å². The lowest BCUT2D eigenvalue weighted by Gasteiger charge is -2.17. The van der Waals surface area contributed by atoms with Gasteiger partial charge in [-0.15, -0.1) is 11.8 Å². The highest BCUT2D eigenvalue weighted by Crippen LogP contribution is 2.27. The van der Waals surface area contributed by atoms with Gasteiger partial charge in [-0.25, -0.2) is 0 Å². The van der Waals surface area contributed by atoms with Gasteiger partial charge in [0.15, 0.2) is 0 Å². The van der Waals surface area contributed by atoms with E-state index >= 15 is 0 Å². The van der Waals surface area contributed by atoms with Crippen LogP contribution in [-0.4, -0.2) is 30.4 Å². The molecule has 25 heavy (non-hydrogen) atoms. The molecule has 0 saturated carbocycles. The van der Waals surface area contributed by atoms with Crippen molar-refractivity contribution in [2.45, 2.75) is 30.9 Å². The van der Waals surface area contributed by atoms with Crippen LogP contribution in [0, 0.1) is 19.8 Å². The van der Waals surface area contributed by atoms with E-state index in [2.05, 4.69) is 38.1 Å². The fourth-order valence-corrected chi connectivity index (χ4v) is 4.28. The standard InChI is InChI=1S/C21H26N2OS/c1-15-6-7-16(2)20(10-15)25-14-17-4-3-5-19(11-17)21(24)23-9-8-18(12-22)13-23/h3-7,10-11,18H,8-9,12-14,22H2,1-2H3. The second kappa shape index (κ2) is 8.07. The molecule has 1 fully saturated rings. The number of hydrogen-bond donors (Lipinski definition) is 1. The molecule has 2 aromatic carbocycles. The fraction of sp³-hybridized carbons (Fsp3) is 0.381. The zero-order valence-corrected chi connectivity index (χ0v) is 15.8. The third kappa shape index (κ3) is 4.44. The van der Waals surface area contributed by atoms with Crippen molar-refractivity contribution in [3.05, 3.63) is 64.7 Å². The molecule has 0 spiro atoms. The Morgan fingerprint density at radius 1 is 1.24 bits per heavy atom. The van der Waals surface area contributed by atoms with Gasteiger partial charge in [-0.3, -0.25) is 4.79 Å². The quantitative estimate of drug-likeness (QED) is 0.825. The van der Waals surface area contributed by atoms with Crippen LogP contribution in [-0.2, 0) is 5.75 Å². The first-order chi connectivity index (χ1) is 12.1. The van der Waals surface area contributed by atoms with E-state index in [1.54, 1.807) is 0 Å². The summed E-state index contributed by atoms with van der Waals surface area (Å²) in [5.41, 5.74) is 10.3. The molecule has 1 unspecified atom stereocenters. The van der Waals surface area contributed by atoms with Gasteiger partial charge in [-0.05, 0) is 62.1 Å². The van der Waals surface area contributed by atoms with E-state index < -0.39 is 0 Å². The van der Waals surface area contributed by atoms with Crippen molar-refractivity contribution >= 4 is 17.7 Å². The molecule has 2 N–H and O–H groups in total. The summed E-state index contributed by atoms with van der Waals surface area (Å²) in [7, 11) is 0. The zero-order chi connectivity index (χ0) is 17.8. The Kier molecular flexibility index (Phi) is 5.82. The van der Waals surface area contributed by atoms with Crippen LogP contribution in [0.3, 0.4) is 0 Å². The number of carbonyl (C=O) groups is 1. The Morgan fingerprint density at radius 3 is 2.84 bits per heavy atom. The summed E-state index contributed by atoms with van der Waals surface area (Å²) in [4.78, 5) is 16.0. The first-order valence-electron chi connectivity index (χ1n) is 8.85. The van der Waals surface area contributed by atoms with Crippen molar-refractivity contribution in [1.82, 2.24) is 4.90 Å². The normalized spacial score (nSPS) is 17.1. The molecule has 3 rings (SSSR count). The number of amides is 1. The first-order valence-corrected chi connectivity index (χ1v) is 9.83. The summed E-state index contributed by atoms with van der Waals surface area (Å²) >= 11 is 1.83. The maximum absolute atomic E-state index is 12.7. The lowest BCUT2D eigenvalue weighted by atomic mass is 10.1. The maximum Gasteiger partial charge on any atom is 0.253 e. The molecule has 1 amide bonds. The van der Waals surface area contributed by atoms with E-state index in [9.17, 15) is 4.79 Å². The van der Waals surface area contributed by atoms with Crippen LogP contribution in [0.4, 0.5) is 0 Å². The van der Waals surface area contributed by atoms with Gasteiger partial charge in [0.2, 0.25) is 0 Å². The number of hydrogen-bond acceptors (Lipinski definition) is 3. The number of carbonyl (C=O) groups excluding carboxylic acids is 1. The van der Waals surface area contributed by atoms with Gasteiger partial charge in [0, 0.05) is 29.3 Å². The number of benzene rings is 2. The average molecular weight is 355 g/mol. The number of thioether (sulfide) groups is 1. The zero-order valence-electron chi connectivity index (χ0n) is 15.0. The molecule has 4 heteroatoms. The summed E-state index contributed by atoms with van der Waals surface area (Å²) in [6.07, 6.45) is 1.02. The second-order valence-corrected chi connectivity index (χ2v) is 7.92. The van der Waals surface area contributed by atoms with Crippen molar-refractivity contribution in [1.29, 1.82) is 0 Å². The molecule has 1 aliphatic rings. The molecule has 0 aliphatic carbocycles. The van der Waals surface area contributed by atoms with Crippen LogP contribution < -0.4 is 5.73 Å². The van der Waals surface area contributed by atoms with Crippen molar-refractivity contribution < 1.29 is 4.79 Å². The predicted octanol–water partition coefficient (Wildman–Crippen LogP) is 4.02. The minimum absolute atomic E-state index is 0.134. The Labute approximate surface area is 154 Å². The fourth-order valence-electron chi connectivity index (χ4n) is 3.21. The Balaban J connectivity index is 1.67. The summed E-state index contributed by atoms with van der Waals surface area (Å²) < 4.78 is 0. The minimum Gasteiger partial charge on any atom is -0.338 e. The smallest absolute Gasteiger partial charge is 0.253 e. The lowest BCUT2D eigenvalue weighted by Crippen LogP contribution is -2.29. The monoisotopic (exact) mass is 354 g/mol. The van der Waals surface area contributed by atoms with Gasteiger partial charge in [0.25, 0.3) is 5.91 Å². The highest BCUT2D eigenvalue weighted by Gasteiger charge is 2.25. The lowest BCUT2D eigenvalue weighted by molar-refractivity contribution is 0.0787. The largest absolute Gasteiger partial charge is 0.338 e. The molecular formula is C21H26N2OS. The summed E-state index contributed by atoms with van der Waals surface area (Å²) in [6.45, 7) is 6.53. The molecule has 1 aliphatic heterocycles. The molecule has 0 bridgehead atoms. The van der Waals surface area contributed by atoms with Crippen LogP contribution in [0.1, 0.15) is 33.5 Å². The number of rotatable bonds is 5. The molecule has 0 aromatic heterocycles. The molecule has 1 atom stereocenters. The van der Waals surface area contributed by atoms with Crippen molar-refractivity contribution in [3.63, 3.8) is 0 Å². The maximum atomic E-state index is 12.7. The van der Waals surface area contributed by atoms with Crippen LogP contribution in [0.5, 0.6) is 0 Å². The molecule has 0 radical (unpaired) electrons.